The summed E-state index contributed by atoms with van der Waals surface area (Å²) in [6.45, 7) is 2.12. The predicted molar refractivity (Wildman–Crippen MR) is 122 cm³/mol. The van der Waals surface area contributed by atoms with Crippen molar-refractivity contribution in [1.82, 2.24) is 30.1 Å². The third-order valence-electron chi connectivity index (χ3n) is 5.43. The largest absolute Gasteiger partial charge is 0.341 e. The van der Waals surface area contributed by atoms with E-state index in [1.54, 1.807) is 16.0 Å². The number of amides is 1. The number of carbonyl (C=O) groups is 1. The summed E-state index contributed by atoms with van der Waals surface area (Å²) in [6.07, 6.45) is 2.08. The summed E-state index contributed by atoms with van der Waals surface area (Å²) >= 11 is 3.15. The third kappa shape index (κ3) is 4.62. The molecule has 0 bridgehead atoms. The lowest BCUT2D eigenvalue weighted by atomic mass is 9.99. The average Bonchev–Trinajstić information content (AvgIpc) is 3.45. The number of para-hydroxylation sites is 1. The van der Waals surface area contributed by atoms with Crippen molar-refractivity contribution in [2.75, 3.05) is 18.8 Å². The lowest BCUT2D eigenvalue weighted by Gasteiger charge is -2.31. The quantitative estimate of drug-likeness (QED) is 0.416. The normalized spacial score (nSPS) is 16.6. The maximum atomic E-state index is 12.9. The highest BCUT2D eigenvalue weighted by atomic mass is 32.2. The molecule has 158 valence electrons. The zero-order valence-electron chi connectivity index (χ0n) is 16.9. The van der Waals surface area contributed by atoms with E-state index in [-0.39, 0.29) is 5.91 Å². The Labute approximate surface area is 188 Å². The number of piperidine rings is 1. The Balaban J connectivity index is 1.20. The second-order valence-corrected chi connectivity index (χ2v) is 9.60. The molecule has 3 heterocycles. The highest BCUT2D eigenvalue weighted by Crippen LogP contribution is 2.33. The number of thiazole rings is 1. The Hall–Kier alpha value is -2.78. The molecule has 2 aromatic heterocycles. The van der Waals surface area contributed by atoms with Crippen molar-refractivity contribution in [2.24, 2.45) is 0 Å². The molecule has 1 fully saturated rings. The summed E-state index contributed by atoms with van der Waals surface area (Å²) in [7, 11) is 0. The highest BCUT2D eigenvalue weighted by Gasteiger charge is 2.27. The van der Waals surface area contributed by atoms with Crippen molar-refractivity contribution in [2.45, 2.75) is 30.5 Å². The van der Waals surface area contributed by atoms with Crippen molar-refractivity contribution in [3.63, 3.8) is 0 Å². The lowest BCUT2D eigenvalue weighted by molar-refractivity contribution is -0.129. The van der Waals surface area contributed by atoms with Crippen molar-refractivity contribution in [1.29, 1.82) is 0 Å². The standard InChI is InChI=1S/C22H22N6OS2/c29-20(15-30-22-24-25-26-28(22)13-16-7-2-1-3-8-16)27-12-6-9-17(14-27)21-23-18-10-4-5-11-19(18)31-21/h1-5,7-8,10-11,17H,6,9,12-15H2/t17-/m1/s1. The van der Waals surface area contributed by atoms with Crippen LogP contribution in [0.25, 0.3) is 10.2 Å². The number of rotatable bonds is 6. The number of hydrogen-bond donors (Lipinski definition) is 0. The van der Waals surface area contributed by atoms with E-state index < -0.39 is 0 Å². The van der Waals surface area contributed by atoms with Crippen LogP contribution >= 0.6 is 23.1 Å². The van der Waals surface area contributed by atoms with E-state index in [4.69, 9.17) is 4.98 Å². The third-order valence-corrected chi connectivity index (χ3v) is 7.57. The van der Waals surface area contributed by atoms with Crippen LogP contribution in [0.4, 0.5) is 0 Å². The number of hydrogen-bond acceptors (Lipinski definition) is 7. The Morgan fingerprint density at radius 3 is 2.84 bits per heavy atom. The Kier molecular flexibility index (Phi) is 5.95. The van der Waals surface area contributed by atoms with E-state index >= 15 is 0 Å². The Morgan fingerprint density at radius 1 is 1.13 bits per heavy atom. The van der Waals surface area contributed by atoms with Crippen LogP contribution in [0.1, 0.15) is 29.3 Å². The molecule has 1 aliphatic heterocycles. The van der Waals surface area contributed by atoms with Gasteiger partial charge in [-0.2, -0.15) is 0 Å². The molecule has 1 saturated heterocycles. The molecule has 0 spiro atoms. The zero-order chi connectivity index (χ0) is 21.0. The minimum atomic E-state index is 0.130. The van der Waals surface area contributed by atoms with Crippen LogP contribution in [0.3, 0.4) is 0 Å². The first kappa shape index (κ1) is 20.1. The molecule has 2 aromatic carbocycles. The topological polar surface area (TPSA) is 76.8 Å². The first-order valence-electron chi connectivity index (χ1n) is 10.3. The van der Waals surface area contributed by atoms with Crippen LogP contribution in [0, 0.1) is 0 Å². The van der Waals surface area contributed by atoms with Gasteiger partial charge in [0.25, 0.3) is 0 Å². The first-order valence-corrected chi connectivity index (χ1v) is 12.1. The van der Waals surface area contributed by atoms with E-state index in [1.807, 2.05) is 47.4 Å². The van der Waals surface area contributed by atoms with Gasteiger partial charge in [0.15, 0.2) is 0 Å². The van der Waals surface area contributed by atoms with Crippen LogP contribution in [-0.4, -0.2) is 54.8 Å². The summed E-state index contributed by atoms with van der Waals surface area (Å²) in [5, 5.41) is 13.8. The molecule has 1 amide bonds. The van der Waals surface area contributed by atoms with Crippen molar-refractivity contribution < 1.29 is 4.79 Å². The van der Waals surface area contributed by atoms with E-state index in [0.29, 0.717) is 23.4 Å². The van der Waals surface area contributed by atoms with Gasteiger partial charge < -0.3 is 4.90 Å². The molecule has 0 unspecified atom stereocenters. The maximum Gasteiger partial charge on any atom is 0.233 e. The fourth-order valence-corrected chi connectivity index (χ4v) is 5.72. The summed E-state index contributed by atoms with van der Waals surface area (Å²) in [5.74, 6) is 0.774. The second kappa shape index (κ2) is 9.15. The lowest BCUT2D eigenvalue weighted by Crippen LogP contribution is -2.40. The van der Waals surface area contributed by atoms with Gasteiger partial charge in [0.05, 0.1) is 27.5 Å². The van der Waals surface area contributed by atoms with Gasteiger partial charge in [0.2, 0.25) is 11.1 Å². The second-order valence-electron chi connectivity index (χ2n) is 7.59. The van der Waals surface area contributed by atoms with Gasteiger partial charge in [-0.3, -0.25) is 4.79 Å². The van der Waals surface area contributed by atoms with Gasteiger partial charge in [-0.05, 0) is 41.0 Å². The van der Waals surface area contributed by atoms with E-state index in [9.17, 15) is 4.79 Å². The van der Waals surface area contributed by atoms with Gasteiger partial charge in [-0.25, -0.2) is 9.67 Å². The molecule has 0 N–H and O–H groups in total. The van der Waals surface area contributed by atoms with Gasteiger partial charge >= 0.3 is 0 Å². The van der Waals surface area contributed by atoms with Crippen molar-refractivity contribution in [3.05, 3.63) is 65.2 Å². The maximum absolute atomic E-state index is 12.9. The molecular formula is C22H22N6OS2. The molecule has 1 atom stereocenters. The van der Waals surface area contributed by atoms with E-state index in [0.717, 1.165) is 42.0 Å². The van der Waals surface area contributed by atoms with Crippen LogP contribution in [-0.2, 0) is 11.3 Å². The molecule has 1 aliphatic rings. The smallest absolute Gasteiger partial charge is 0.233 e. The summed E-state index contributed by atoms with van der Waals surface area (Å²) in [4.78, 5) is 19.7. The molecule has 0 saturated carbocycles. The SMILES string of the molecule is O=C(CSc1nnnn1Cc1ccccc1)N1CCC[C@@H](c2nc3ccccc3s2)C1. The molecular weight excluding hydrogens is 428 g/mol. The van der Waals surface area contributed by atoms with Crippen LogP contribution in [0.15, 0.2) is 59.8 Å². The summed E-state index contributed by atoms with van der Waals surface area (Å²) in [6, 6.07) is 18.3. The number of aromatic nitrogens is 5. The van der Waals surface area contributed by atoms with Crippen LogP contribution in [0.5, 0.6) is 0 Å². The number of nitrogens with zero attached hydrogens (tertiary/aromatic N) is 6. The number of likely N-dealkylation sites (tertiary alicyclic amines) is 1. The van der Waals surface area contributed by atoms with Crippen LogP contribution in [0.2, 0.25) is 0 Å². The van der Waals surface area contributed by atoms with Gasteiger partial charge in [0, 0.05) is 19.0 Å². The molecule has 9 heteroatoms. The summed E-state index contributed by atoms with van der Waals surface area (Å²) < 4.78 is 2.95. The van der Waals surface area contributed by atoms with Gasteiger partial charge in [-0.1, -0.05) is 54.2 Å². The molecule has 4 aromatic rings. The number of thioether (sulfide) groups is 1. The Bertz CT molecular complexity index is 1140. The van der Waals surface area contributed by atoms with Crippen molar-refractivity contribution in [3.8, 4) is 0 Å². The number of carbonyl (C=O) groups excluding carboxylic acids is 1. The number of tetrazole rings is 1. The molecule has 7 nitrogen and oxygen atoms in total. The summed E-state index contributed by atoms with van der Waals surface area (Å²) in [5.41, 5.74) is 2.17. The minimum absolute atomic E-state index is 0.130. The average molecular weight is 451 g/mol. The minimum Gasteiger partial charge on any atom is -0.341 e. The molecule has 5 rings (SSSR count). The first-order chi connectivity index (χ1) is 15.3. The Morgan fingerprint density at radius 2 is 1.97 bits per heavy atom. The van der Waals surface area contributed by atoms with E-state index in [1.165, 1.54) is 16.5 Å². The number of benzene rings is 2. The molecule has 31 heavy (non-hydrogen) atoms. The predicted octanol–water partition coefficient (Wildman–Crippen LogP) is 3.83. The molecule has 0 radical (unpaired) electrons. The van der Waals surface area contributed by atoms with Crippen LogP contribution < -0.4 is 0 Å². The fraction of sp³-hybridized carbons (Fsp3) is 0.318. The van der Waals surface area contributed by atoms with E-state index in [2.05, 4.69) is 27.7 Å². The monoisotopic (exact) mass is 450 g/mol. The molecule has 0 aliphatic carbocycles. The zero-order valence-corrected chi connectivity index (χ0v) is 18.6. The highest BCUT2D eigenvalue weighted by molar-refractivity contribution is 7.99. The fourth-order valence-electron chi connectivity index (χ4n) is 3.84. The van der Waals surface area contributed by atoms with Gasteiger partial charge in [0.1, 0.15) is 0 Å². The number of fused-ring (bicyclic) bond motifs is 1. The van der Waals surface area contributed by atoms with Crippen molar-refractivity contribution >= 4 is 39.2 Å². The van der Waals surface area contributed by atoms with Gasteiger partial charge in [-0.15, -0.1) is 16.4 Å².